The zero-order valence-corrected chi connectivity index (χ0v) is 38.9. The van der Waals surface area contributed by atoms with Crippen LogP contribution in [0.1, 0.15) is 135 Å². The average molecular weight is 872 g/mol. The van der Waals surface area contributed by atoms with Crippen molar-refractivity contribution in [2.75, 3.05) is 45.2 Å². The number of aromatic nitrogens is 2. The summed E-state index contributed by atoms with van der Waals surface area (Å²) in [5, 5.41) is 12.4. The lowest BCUT2D eigenvalue weighted by molar-refractivity contribution is -0.124. The summed E-state index contributed by atoms with van der Waals surface area (Å²) in [6.07, 6.45) is 13.6. The molecule has 2 unspecified atom stereocenters. The van der Waals surface area contributed by atoms with Crippen LogP contribution in [0.2, 0.25) is 0 Å². The second-order valence-electron chi connectivity index (χ2n) is 17.7. The number of carbonyl (C=O) groups is 1. The van der Waals surface area contributed by atoms with Crippen molar-refractivity contribution in [2.24, 2.45) is 21.1 Å². The number of aryl methyl sites for hydroxylation is 1. The Hall–Kier alpha value is -5.20. The van der Waals surface area contributed by atoms with Gasteiger partial charge in [-0.05, 0) is 98.2 Å². The Morgan fingerprint density at radius 1 is 1.08 bits per heavy atom. The normalized spacial score (nSPS) is 17.6. The lowest BCUT2D eigenvalue weighted by Gasteiger charge is -2.32. The molecule has 0 saturated heterocycles. The van der Waals surface area contributed by atoms with Gasteiger partial charge >= 0.3 is 6.01 Å². The van der Waals surface area contributed by atoms with E-state index in [4.69, 9.17) is 30.4 Å². The molecule has 2 atom stereocenters. The highest BCUT2D eigenvalue weighted by Crippen LogP contribution is 2.45. The third-order valence-corrected chi connectivity index (χ3v) is 12.0. The maximum Gasteiger partial charge on any atom is 0.318 e. The van der Waals surface area contributed by atoms with Crippen LogP contribution in [0, 0.1) is 11.2 Å². The lowest BCUT2D eigenvalue weighted by Crippen LogP contribution is -2.33. The number of allylic oxidation sites excluding steroid dienone is 3. The molecule has 2 aromatic carbocycles. The van der Waals surface area contributed by atoms with Crippen molar-refractivity contribution >= 4 is 51.1 Å². The lowest BCUT2D eigenvalue weighted by atomic mass is 9.81. The first kappa shape index (κ1) is 48.8. The van der Waals surface area contributed by atoms with Gasteiger partial charge in [0.05, 0.1) is 47.6 Å². The Morgan fingerprint density at radius 2 is 1.81 bits per heavy atom. The second-order valence-corrected chi connectivity index (χ2v) is 17.7. The van der Waals surface area contributed by atoms with Crippen LogP contribution in [0.5, 0.6) is 11.8 Å². The smallest absolute Gasteiger partial charge is 0.318 e. The molecule has 0 radical (unpaired) electrons. The fourth-order valence-corrected chi connectivity index (χ4v) is 8.62. The zero-order chi connectivity index (χ0) is 46.1. The van der Waals surface area contributed by atoms with Gasteiger partial charge in [-0.3, -0.25) is 14.8 Å². The van der Waals surface area contributed by atoms with E-state index in [1.807, 2.05) is 32.9 Å². The van der Waals surface area contributed by atoms with Gasteiger partial charge in [-0.1, -0.05) is 78.9 Å². The maximum absolute atomic E-state index is 15.7. The van der Waals surface area contributed by atoms with Gasteiger partial charge in [-0.15, -0.1) is 0 Å². The first-order valence-corrected chi connectivity index (χ1v) is 22.8. The van der Waals surface area contributed by atoms with Crippen LogP contribution < -0.4 is 15.4 Å². The summed E-state index contributed by atoms with van der Waals surface area (Å²) in [6, 6.07) is 5.61. The third-order valence-electron chi connectivity index (χ3n) is 12.0. The summed E-state index contributed by atoms with van der Waals surface area (Å²) >= 11 is 0. The summed E-state index contributed by atoms with van der Waals surface area (Å²) in [5.74, 6) is -3.23. The molecule has 1 aromatic heterocycles. The molecule has 0 saturated carbocycles. The number of amides is 1. The molecule has 1 aliphatic carbocycles. The Morgan fingerprint density at radius 3 is 2.46 bits per heavy atom. The summed E-state index contributed by atoms with van der Waals surface area (Å²) in [5.41, 5.74) is 10.4. The largest absolute Gasteiger partial charge is 0.508 e. The molecule has 13 heteroatoms. The van der Waals surface area contributed by atoms with Gasteiger partial charge in [0.2, 0.25) is 5.92 Å². The first-order chi connectivity index (χ1) is 30.0. The molecule has 2 heterocycles. The Labute approximate surface area is 372 Å². The van der Waals surface area contributed by atoms with E-state index in [1.54, 1.807) is 38.4 Å². The number of ether oxygens (including phenoxy) is 1. The van der Waals surface area contributed by atoms with E-state index in [2.05, 4.69) is 25.7 Å². The number of carbonyl (C=O) groups excluding carboxylic acids is 1. The van der Waals surface area contributed by atoms with Crippen LogP contribution in [0.15, 0.2) is 52.1 Å². The Bertz CT molecular complexity index is 2280. The van der Waals surface area contributed by atoms with Crippen molar-refractivity contribution in [3.63, 3.8) is 0 Å². The van der Waals surface area contributed by atoms with Gasteiger partial charge in [-0.25, -0.2) is 13.2 Å². The minimum atomic E-state index is -3.00. The number of unbranched alkanes of at least 4 members (excludes halogenated alkanes) is 3. The number of hydrogen-bond acceptors (Lipinski definition) is 9. The molecule has 0 spiro atoms. The number of anilines is 1. The molecule has 3 N–H and O–H groups in total. The number of nitrogens with two attached hydrogens (primary N) is 1. The van der Waals surface area contributed by atoms with Crippen LogP contribution in [-0.2, 0) is 11.2 Å². The predicted octanol–water partition coefficient (Wildman–Crippen LogP) is 11.0. The van der Waals surface area contributed by atoms with Crippen molar-refractivity contribution in [3.8, 4) is 11.8 Å². The topological polar surface area (TPSA) is 130 Å². The molecule has 1 amide bonds. The van der Waals surface area contributed by atoms with Gasteiger partial charge in [0, 0.05) is 50.2 Å². The number of hydrogen-bond donors (Lipinski definition) is 2. The highest BCUT2D eigenvalue weighted by atomic mass is 19.3. The van der Waals surface area contributed by atoms with E-state index in [9.17, 15) is 18.7 Å². The number of nitrogens with zero attached hydrogens (tertiary/aromatic N) is 6. The number of phenolic OH excluding ortho intramolecular Hbond substituents is 1. The monoisotopic (exact) mass is 872 g/mol. The highest BCUT2D eigenvalue weighted by molar-refractivity contribution is 6.50. The van der Waals surface area contributed by atoms with Gasteiger partial charge in [0.25, 0.3) is 5.91 Å². The summed E-state index contributed by atoms with van der Waals surface area (Å²) in [4.78, 5) is 36.5. The van der Waals surface area contributed by atoms with Gasteiger partial charge in [0.15, 0.2) is 0 Å². The number of aliphatic imine (C=N–C) groups is 2. The van der Waals surface area contributed by atoms with Crippen LogP contribution in [0.4, 0.5) is 19.0 Å². The molecule has 10 nitrogen and oxygen atoms in total. The van der Waals surface area contributed by atoms with E-state index in [0.717, 1.165) is 51.9 Å². The number of halogens is 3. The fraction of sp³-hybridized carbons (Fsp3) is 0.540. The van der Waals surface area contributed by atoms with Crippen molar-refractivity contribution in [3.05, 3.63) is 70.3 Å². The van der Waals surface area contributed by atoms with E-state index in [0.29, 0.717) is 101 Å². The predicted molar refractivity (Wildman–Crippen MR) is 253 cm³/mol. The van der Waals surface area contributed by atoms with Crippen LogP contribution in [0.3, 0.4) is 0 Å². The summed E-state index contributed by atoms with van der Waals surface area (Å²) in [6.45, 7) is 14.8. The molecule has 342 valence electrons. The number of fused-ring (bicyclic) bond motifs is 2. The van der Waals surface area contributed by atoms with E-state index >= 15 is 4.39 Å². The second kappa shape index (κ2) is 21.5. The van der Waals surface area contributed by atoms with E-state index in [-0.39, 0.29) is 41.1 Å². The van der Waals surface area contributed by atoms with Crippen LogP contribution >= 0.6 is 0 Å². The molecule has 1 aliphatic heterocycles. The fourth-order valence-electron chi connectivity index (χ4n) is 8.62. The quantitative estimate of drug-likeness (QED) is 0.0906. The molecule has 0 fully saturated rings. The first-order valence-electron chi connectivity index (χ1n) is 22.8. The van der Waals surface area contributed by atoms with E-state index in [1.165, 1.54) is 11.0 Å². The number of benzene rings is 2. The number of rotatable bonds is 19. The maximum atomic E-state index is 15.7. The van der Waals surface area contributed by atoms with Crippen molar-refractivity contribution in [1.82, 2.24) is 14.9 Å². The van der Waals surface area contributed by atoms with Gasteiger partial charge in [-0.2, -0.15) is 9.97 Å². The molecule has 2 aliphatic rings. The summed E-state index contributed by atoms with van der Waals surface area (Å²) in [7, 11) is 3.28. The van der Waals surface area contributed by atoms with Crippen molar-refractivity contribution in [1.29, 1.82) is 0 Å². The van der Waals surface area contributed by atoms with Gasteiger partial charge < -0.3 is 25.4 Å². The minimum Gasteiger partial charge on any atom is -0.508 e. The Balaban J connectivity index is 1.83. The van der Waals surface area contributed by atoms with E-state index < -0.39 is 18.4 Å². The number of aromatic hydroxyl groups is 1. The SMILES string of the molecule is C/C=C1\C(=NC(CC)CC(C)(F)F)C(c2cc(O)cc3ccc(F)c(CC)c23)=Cc2nc(OCC(C)(CCCC)CCCCC)nc(N3CCCN=C(/C=C(\N)C(=O)N(C)C)C3)c21. The van der Waals surface area contributed by atoms with Crippen molar-refractivity contribution < 1.29 is 27.8 Å². The van der Waals surface area contributed by atoms with Crippen LogP contribution in [0.25, 0.3) is 28.0 Å². The van der Waals surface area contributed by atoms with Crippen molar-refractivity contribution in [2.45, 2.75) is 131 Å². The minimum absolute atomic E-state index is 0.0373. The molecular formula is C50H68F3N7O3. The van der Waals surface area contributed by atoms with Crippen LogP contribution in [-0.4, -0.2) is 89.6 Å². The average Bonchev–Trinajstić information content (AvgIpc) is 3.48. The molecular weight excluding hydrogens is 804 g/mol. The number of phenols is 1. The molecule has 63 heavy (non-hydrogen) atoms. The highest BCUT2D eigenvalue weighted by Gasteiger charge is 2.35. The molecule has 5 rings (SSSR count). The summed E-state index contributed by atoms with van der Waals surface area (Å²) < 4.78 is 52.0. The third kappa shape index (κ3) is 12.1. The number of likely N-dealkylation sites (N-methyl/N-ethyl adjacent to an activating group) is 1. The zero-order valence-electron chi connectivity index (χ0n) is 38.9. The standard InChI is InChI=1S/C50H68F3N7O3/c1-10-15-17-22-49(6,21-16-11-2)31-63-48-57-42-28-39(38-27-35(61)25-32-19-20-40(51)36(13-4)43(32)38)45(56-33(12-3)29-50(7,52)53)37(14-5)44(42)46(58-48)60-24-18-23-55-34(30-60)26-41(54)47(62)59(8)9/h14,19-20,25-28,33,61H,10-13,15-18,21-24,29-31,54H2,1-9H3/b37-14-,41-26-,56-45?. The number of alkyl halides is 2. The van der Waals surface area contributed by atoms with Gasteiger partial charge in [0.1, 0.15) is 17.4 Å². The molecule has 0 bridgehead atoms. The molecule has 3 aromatic rings. The Kier molecular flexibility index (Phi) is 16.6.